The van der Waals surface area contributed by atoms with Crippen molar-refractivity contribution in [3.63, 3.8) is 0 Å². The summed E-state index contributed by atoms with van der Waals surface area (Å²) in [5.41, 5.74) is -0.920. The monoisotopic (exact) mass is 268 g/mol. The van der Waals surface area contributed by atoms with E-state index in [1.807, 2.05) is 0 Å². The van der Waals surface area contributed by atoms with Gasteiger partial charge in [-0.05, 0) is 12.1 Å². The van der Waals surface area contributed by atoms with E-state index in [1.165, 1.54) is 19.2 Å². The average Bonchev–Trinajstić information content (AvgIpc) is 2.35. The van der Waals surface area contributed by atoms with Crippen LogP contribution in [-0.4, -0.2) is 27.7 Å². The zero-order chi connectivity index (χ0) is 13.4. The molecule has 7 heteroatoms. The van der Waals surface area contributed by atoms with Crippen molar-refractivity contribution in [3.8, 4) is 5.75 Å². The third-order valence-corrected chi connectivity index (χ3v) is 2.77. The lowest BCUT2D eigenvalue weighted by Crippen LogP contribution is -2.26. The van der Waals surface area contributed by atoms with Crippen LogP contribution < -0.4 is 5.56 Å². The van der Waals surface area contributed by atoms with Gasteiger partial charge >= 0.3 is 5.97 Å². The van der Waals surface area contributed by atoms with Crippen LogP contribution in [-0.2, 0) is 11.8 Å². The number of methoxy groups -OCH3 is 1. The summed E-state index contributed by atoms with van der Waals surface area (Å²) in [5.74, 6) is -1.35. The van der Waals surface area contributed by atoms with Crippen LogP contribution in [0.2, 0.25) is 5.15 Å². The first kappa shape index (κ1) is 12.4. The van der Waals surface area contributed by atoms with Gasteiger partial charge in [0.2, 0.25) is 0 Å². The van der Waals surface area contributed by atoms with Crippen LogP contribution in [0.15, 0.2) is 16.9 Å². The molecule has 94 valence electrons. The Morgan fingerprint density at radius 3 is 2.78 bits per heavy atom. The molecule has 0 aliphatic carbocycles. The fourth-order valence-corrected chi connectivity index (χ4v) is 1.79. The minimum absolute atomic E-state index is 0.183. The Morgan fingerprint density at radius 2 is 2.17 bits per heavy atom. The number of rotatable bonds is 1. The molecule has 0 unspecified atom stereocenters. The predicted molar refractivity (Wildman–Crippen MR) is 65.0 cm³/mol. The second-order valence-electron chi connectivity index (χ2n) is 3.58. The van der Waals surface area contributed by atoms with Crippen molar-refractivity contribution >= 4 is 28.6 Å². The minimum atomic E-state index is -0.898. The molecule has 0 amide bonds. The number of fused-ring (bicyclic) bond motifs is 1. The van der Waals surface area contributed by atoms with E-state index in [0.29, 0.717) is 0 Å². The molecule has 2 heterocycles. The lowest BCUT2D eigenvalue weighted by Gasteiger charge is -2.09. The second-order valence-corrected chi connectivity index (χ2v) is 3.97. The summed E-state index contributed by atoms with van der Waals surface area (Å²) in [5, 5.41) is 10.4. The molecule has 0 aromatic carbocycles. The molecule has 18 heavy (non-hydrogen) atoms. The fraction of sp³-hybridized carbons (Fsp3) is 0.182. The largest absolute Gasteiger partial charge is 0.506 e. The van der Waals surface area contributed by atoms with Crippen molar-refractivity contribution in [2.45, 2.75) is 0 Å². The normalized spacial score (nSPS) is 10.6. The summed E-state index contributed by atoms with van der Waals surface area (Å²) >= 11 is 5.73. The van der Waals surface area contributed by atoms with Crippen molar-refractivity contribution in [1.82, 2.24) is 9.55 Å². The molecular weight excluding hydrogens is 260 g/mol. The maximum Gasteiger partial charge on any atom is 0.347 e. The number of nitrogens with zero attached hydrogens (tertiary/aromatic N) is 2. The molecule has 1 N–H and O–H groups in total. The summed E-state index contributed by atoms with van der Waals surface area (Å²) in [4.78, 5) is 27.3. The Morgan fingerprint density at radius 1 is 1.50 bits per heavy atom. The molecule has 0 saturated carbocycles. The fourth-order valence-electron chi connectivity index (χ4n) is 1.65. The molecule has 0 fully saturated rings. The van der Waals surface area contributed by atoms with E-state index >= 15 is 0 Å². The third-order valence-electron chi connectivity index (χ3n) is 2.56. The first-order valence-corrected chi connectivity index (χ1v) is 5.31. The molecule has 2 aromatic rings. The number of carbonyl (C=O) groups excluding carboxylic acids is 1. The van der Waals surface area contributed by atoms with Crippen molar-refractivity contribution in [2.24, 2.45) is 7.05 Å². The van der Waals surface area contributed by atoms with Crippen LogP contribution in [0.25, 0.3) is 11.0 Å². The molecule has 0 aliphatic rings. The van der Waals surface area contributed by atoms with Crippen LogP contribution in [0.3, 0.4) is 0 Å². The number of hydrogen-bond acceptors (Lipinski definition) is 5. The summed E-state index contributed by atoms with van der Waals surface area (Å²) in [7, 11) is 2.56. The van der Waals surface area contributed by atoms with Crippen molar-refractivity contribution in [3.05, 3.63) is 33.2 Å². The molecule has 0 bridgehead atoms. The Kier molecular flexibility index (Phi) is 2.96. The summed E-state index contributed by atoms with van der Waals surface area (Å²) in [6, 6.07) is 2.93. The number of aryl methyl sites for hydroxylation is 1. The lowest BCUT2D eigenvalue weighted by molar-refractivity contribution is 0.0595. The number of pyridine rings is 2. The van der Waals surface area contributed by atoms with Crippen LogP contribution in [0.5, 0.6) is 5.75 Å². The number of esters is 1. The number of hydrogen-bond donors (Lipinski definition) is 1. The smallest absolute Gasteiger partial charge is 0.347 e. The molecule has 0 saturated heterocycles. The van der Waals surface area contributed by atoms with Crippen LogP contribution in [0, 0.1) is 0 Å². The van der Waals surface area contributed by atoms with Gasteiger partial charge in [0.05, 0.1) is 12.5 Å². The van der Waals surface area contributed by atoms with Crippen molar-refractivity contribution in [1.29, 1.82) is 0 Å². The molecular formula is C11H9ClN2O4. The Bertz CT molecular complexity index is 708. The minimum Gasteiger partial charge on any atom is -0.506 e. The molecule has 0 atom stereocenters. The number of aromatic hydroxyl groups is 1. The quantitative estimate of drug-likeness (QED) is 0.618. The van der Waals surface area contributed by atoms with Crippen LogP contribution in [0.4, 0.5) is 0 Å². The van der Waals surface area contributed by atoms with Crippen molar-refractivity contribution in [2.75, 3.05) is 7.11 Å². The van der Waals surface area contributed by atoms with E-state index < -0.39 is 22.8 Å². The SMILES string of the molecule is COC(=O)c1c(O)c2ccc(Cl)nc2n(C)c1=O. The van der Waals surface area contributed by atoms with E-state index in [-0.39, 0.29) is 16.2 Å². The first-order chi connectivity index (χ1) is 8.47. The highest BCUT2D eigenvalue weighted by Crippen LogP contribution is 2.26. The van der Waals surface area contributed by atoms with Crippen LogP contribution >= 0.6 is 11.6 Å². The highest BCUT2D eigenvalue weighted by molar-refractivity contribution is 6.29. The predicted octanol–water partition coefficient (Wildman–Crippen LogP) is 1.08. The number of carbonyl (C=O) groups is 1. The van der Waals surface area contributed by atoms with E-state index in [9.17, 15) is 14.7 Å². The van der Waals surface area contributed by atoms with Gasteiger partial charge in [-0.15, -0.1) is 0 Å². The summed E-state index contributed by atoms with van der Waals surface area (Å²) in [6.45, 7) is 0. The van der Waals surface area contributed by atoms with Gasteiger partial charge in [0.15, 0.2) is 5.56 Å². The molecule has 0 aliphatic heterocycles. The summed E-state index contributed by atoms with van der Waals surface area (Å²) < 4.78 is 5.60. The number of aromatic nitrogens is 2. The van der Waals surface area contributed by atoms with Gasteiger partial charge in [-0.2, -0.15) is 0 Å². The Balaban J connectivity index is 2.97. The zero-order valence-electron chi connectivity index (χ0n) is 9.60. The van der Waals surface area contributed by atoms with Gasteiger partial charge < -0.3 is 9.84 Å². The van der Waals surface area contributed by atoms with Gasteiger partial charge in [0.1, 0.15) is 16.5 Å². The zero-order valence-corrected chi connectivity index (χ0v) is 10.4. The second kappa shape index (κ2) is 4.30. The van der Waals surface area contributed by atoms with Gasteiger partial charge in [0, 0.05) is 7.05 Å². The van der Waals surface area contributed by atoms with Crippen LogP contribution in [0.1, 0.15) is 10.4 Å². The number of halogens is 1. The van der Waals surface area contributed by atoms with Gasteiger partial charge in [-0.1, -0.05) is 11.6 Å². The Labute approximate surface area is 106 Å². The standard InChI is InChI=1S/C11H9ClN2O4/c1-14-9-5(3-4-6(12)13-9)8(15)7(10(14)16)11(17)18-2/h3-4,15H,1-2H3. The van der Waals surface area contributed by atoms with Gasteiger partial charge in [-0.3, -0.25) is 9.36 Å². The molecule has 0 radical (unpaired) electrons. The van der Waals surface area contributed by atoms with Gasteiger partial charge in [-0.25, -0.2) is 9.78 Å². The van der Waals surface area contributed by atoms with E-state index in [0.717, 1.165) is 11.7 Å². The lowest BCUT2D eigenvalue weighted by atomic mass is 10.1. The topological polar surface area (TPSA) is 81.4 Å². The van der Waals surface area contributed by atoms with Crippen molar-refractivity contribution < 1.29 is 14.6 Å². The molecule has 2 rings (SSSR count). The average molecular weight is 269 g/mol. The summed E-state index contributed by atoms with van der Waals surface area (Å²) in [6.07, 6.45) is 0. The van der Waals surface area contributed by atoms with Gasteiger partial charge in [0.25, 0.3) is 5.56 Å². The highest BCUT2D eigenvalue weighted by atomic mass is 35.5. The highest BCUT2D eigenvalue weighted by Gasteiger charge is 2.22. The number of ether oxygens (including phenoxy) is 1. The maximum absolute atomic E-state index is 11.9. The van der Waals surface area contributed by atoms with E-state index in [1.54, 1.807) is 0 Å². The van der Waals surface area contributed by atoms with E-state index in [4.69, 9.17) is 11.6 Å². The van der Waals surface area contributed by atoms with E-state index in [2.05, 4.69) is 9.72 Å². The first-order valence-electron chi connectivity index (χ1n) is 4.94. The maximum atomic E-state index is 11.9. The molecule has 0 spiro atoms. The molecule has 6 nitrogen and oxygen atoms in total. The third kappa shape index (κ3) is 1.70. The Hall–Kier alpha value is -2.08. The molecule has 2 aromatic heterocycles.